The Balaban J connectivity index is 1.55. The van der Waals surface area contributed by atoms with Crippen LogP contribution in [0.15, 0.2) is 47.0 Å². The highest BCUT2D eigenvalue weighted by Gasteiger charge is 2.35. The summed E-state index contributed by atoms with van der Waals surface area (Å²) in [4.78, 5) is 12.4. The maximum atomic E-state index is 12.4. The molecule has 9 heteroatoms. The molecule has 0 atom stereocenters. The first-order valence-electron chi connectivity index (χ1n) is 7.88. The van der Waals surface area contributed by atoms with Gasteiger partial charge in [-0.15, -0.1) is 0 Å². The Hall–Kier alpha value is -3.07. The molecular formula is C17H16N4O4S. The zero-order chi connectivity index (χ0) is 18.5. The fraction of sp³-hybridized carbons (Fsp3) is 0.176. The molecule has 0 radical (unpaired) electrons. The van der Waals surface area contributed by atoms with E-state index in [1.807, 2.05) is 18.2 Å². The Morgan fingerprint density at radius 3 is 2.65 bits per heavy atom. The van der Waals surface area contributed by atoms with Crippen LogP contribution in [0, 0.1) is 0 Å². The van der Waals surface area contributed by atoms with Crippen LogP contribution in [0.1, 0.15) is 5.69 Å². The van der Waals surface area contributed by atoms with E-state index in [9.17, 15) is 13.2 Å². The molecule has 0 saturated carbocycles. The predicted octanol–water partition coefficient (Wildman–Crippen LogP) is 2.14. The van der Waals surface area contributed by atoms with Crippen LogP contribution in [0.25, 0.3) is 11.0 Å². The Morgan fingerprint density at radius 2 is 1.85 bits per heavy atom. The second kappa shape index (κ2) is 5.73. The third-order valence-electron chi connectivity index (χ3n) is 4.41. The fourth-order valence-electron chi connectivity index (χ4n) is 2.97. The standard InChI is InChI=1S/C17H16N4O4S/c1-20-14-8-7-11(9-15(14)21(2)26(20,23)24)18-17(22)10-13-12-5-3-4-6-16(12)25-19-13/h3-9H,10H2,1-2H3,(H,18,22). The molecule has 1 aliphatic heterocycles. The number of benzene rings is 2. The fourth-order valence-corrected chi connectivity index (χ4v) is 4.14. The van der Waals surface area contributed by atoms with Crippen molar-refractivity contribution in [1.29, 1.82) is 0 Å². The van der Waals surface area contributed by atoms with Crippen molar-refractivity contribution >= 4 is 44.1 Å². The van der Waals surface area contributed by atoms with Crippen LogP contribution >= 0.6 is 0 Å². The lowest BCUT2D eigenvalue weighted by Crippen LogP contribution is -2.32. The van der Waals surface area contributed by atoms with Crippen LogP contribution in [-0.2, 0) is 21.4 Å². The Morgan fingerprint density at radius 1 is 1.12 bits per heavy atom. The number of aromatic nitrogens is 1. The molecule has 1 aliphatic rings. The van der Waals surface area contributed by atoms with Crippen molar-refractivity contribution in [3.63, 3.8) is 0 Å². The first kappa shape index (κ1) is 16.4. The Labute approximate surface area is 150 Å². The number of fused-ring (bicyclic) bond motifs is 2. The molecule has 1 N–H and O–H groups in total. The van der Waals surface area contributed by atoms with Gasteiger partial charge in [0.1, 0.15) is 5.69 Å². The number of para-hydroxylation sites is 1. The van der Waals surface area contributed by atoms with Crippen molar-refractivity contribution in [1.82, 2.24) is 5.16 Å². The van der Waals surface area contributed by atoms with Gasteiger partial charge in [0.2, 0.25) is 5.91 Å². The highest BCUT2D eigenvalue weighted by molar-refractivity contribution is 7.94. The summed E-state index contributed by atoms with van der Waals surface area (Å²) in [6.07, 6.45) is 0.0577. The van der Waals surface area contributed by atoms with Crippen molar-refractivity contribution in [3.05, 3.63) is 48.2 Å². The van der Waals surface area contributed by atoms with Gasteiger partial charge >= 0.3 is 10.2 Å². The average Bonchev–Trinajstić information content (AvgIpc) is 3.09. The van der Waals surface area contributed by atoms with Crippen molar-refractivity contribution < 1.29 is 17.7 Å². The van der Waals surface area contributed by atoms with E-state index in [1.54, 1.807) is 24.3 Å². The smallest absolute Gasteiger partial charge is 0.326 e. The number of nitrogens with zero attached hydrogens (tertiary/aromatic N) is 3. The first-order chi connectivity index (χ1) is 12.4. The zero-order valence-corrected chi connectivity index (χ0v) is 14.9. The molecule has 3 aromatic rings. The quantitative estimate of drug-likeness (QED) is 0.760. The van der Waals surface area contributed by atoms with E-state index >= 15 is 0 Å². The molecule has 134 valence electrons. The lowest BCUT2D eigenvalue weighted by molar-refractivity contribution is -0.115. The van der Waals surface area contributed by atoms with Gasteiger partial charge in [-0.2, -0.15) is 8.42 Å². The summed E-state index contributed by atoms with van der Waals surface area (Å²) < 4.78 is 31.9. The van der Waals surface area contributed by atoms with E-state index in [0.717, 1.165) is 5.39 Å². The van der Waals surface area contributed by atoms with Crippen LogP contribution in [0.5, 0.6) is 0 Å². The van der Waals surface area contributed by atoms with Crippen LogP contribution in [-0.4, -0.2) is 33.6 Å². The third-order valence-corrected chi connectivity index (χ3v) is 6.19. The van der Waals surface area contributed by atoms with E-state index < -0.39 is 10.2 Å². The van der Waals surface area contributed by atoms with Crippen LogP contribution in [0.3, 0.4) is 0 Å². The Kier molecular flexibility index (Phi) is 3.62. The maximum Gasteiger partial charge on any atom is 0.326 e. The molecule has 0 spiro atoms. The summed E-state index contributed by atoms with van der Waals surface area (Å²) >= 11 is 0. The summed E-state index contributed by atoms with van der Waals surface area (Å²) in [5, 5.41) is 7.52. The second-order valence-electron chi connectivity index (χ2n) is 6.00. The minimum Gasteiger partial charge on any atom is -0.356 e. The summed E-state index contributed by atoms with van der Waals surface area (Å²) in [7, 11) is -0.573. The number of hydrogen-bond acceptors (Lipinski definition) is 5. The number of rotatable bonds is 3. The van der Waals surface area contributed by atoms with Crippen molar-refractivity contribution in [2.45, 2.75) is 6.42 Å². The molecule has 0 unspecified atom stereocenters. The minimum absolute atomic E-state index is 0.0577. The highest BCUT2D eigenvalue weighted by Crippen LogP contribution is 2.40. The molecule has 0 bridgehead atoms. The number of carbonyl (C=O) groups is 1. The lowest BCUT2D eigenvalue weighted by atomic mass is 10.1. The van der Waals surface area contributed by atoms with Crippen LogP contribution in [0.2, 0.25) is 0 Å². The first-order valence-corrected chi connectivity index (χ1v) is 9.27. The van der Waals surface area contributed by atoms with Gasteiger partial charge in [-0.1, -0.05) is 17.3 Å². The van der Waals surface area contributed by atoms with Crippen LogP contribution < -0.4 is 13.9 Å². The van der Waals surface area contributed by atoms with Crippen LogP contribution in [0.4, 0.5) is 17.1 Å². The molecule has 26 heavy (non-hydrogen) atoms. The second-order valence-corrected chi connectivity index (χ2v) is 7.99. The van der Waals surface area contributed by atoms with Gasteiger partial charge < -0.3 is 9.84 Å². The lowest BCUT2D eigenvalue weighted by Gasteiger charge is -2.13. The third kappa shape index (κ3) is 2.48. The predicted molar refractivity (Wildman–Crippen MR) is 98.5 cm³/mol. The van der Waals surface area contributed by atoms with Gasteiger partial charge in [0, 0.05) is 25.2 Å². The molecule has 0 fully saturated rings. The number of nitrogens with one attached hydrogen (secondary N) is 1. The molecule has 0 saturated heterocycles. The van der Waals surface area contributed by atoms with Crippen molar-refractivity contribution in [3.8, 4) is 0 Å². The summed E-state index contributed by atoms with van der Waals surface area (Å²) in [6, 6.07) is 12.3. The molecular weight excluding hydrogens is 356 g/mol. The van der Waals surface area contributed by atoms with Gasteiger partial charge in [0.25, 0.3) is 0 Å². The van der Waals surface area contributed by atoms with E-state index in [4.69, 9.17) is 4.52 Å². The van der Waals surface area contributed by atoms with Crippen molar-refractivity contribution in [2.75, 3.05) is 28.0 Å². The number of anilines is 3. The topological polar surface area (TPSA) is 95.8 Å². The average molecular weight is 372 g/mol. The molecule has 8 nitrogen and oxygen atoms in total. The molecule has 2 aromatic carbocycles. The Bertz CT molecular complexity index is 1120. The monoisotopic (exact) mass is 372 g/mol. The number of hydrogen-bond donors (Lipinski definition) is 1. The normalized spacial score (nSPS) is 15.3. The molecule has 1 aromatic heterocycles. The van der Waals surface area contributed by atoms with E-state index in [0.29, 0.717) is 28.3 Å². The van der Waals surface area contributed by atoms with Gasteiger partial charge in [0.15, 0.2) is 5.58 Å². The van der Waals surface area contributed by atoms with Gasteiger partial charge in [-0.05, 0) is 30.3 Å². The zero-order valence-electron chi connectivity index (χ0n) is 14.1. The van der Waals surface area contributed by atoms with Crippen molar-refractivity contribution in [2.24, 2.45) is 0 Å². The van der Waals surface area contributed by atoms with E-state index in [-0.39, 0.29) is 12.3 Å². The maximum absolute atomic E-state index is 12.4. The van der Waals surface area contributed by atoms with E-state index in [2.05, 4.69) is 10.5 Å². The van der Waals surface area contributed by atoms with Gasteiger partial charge in [-0.25, -0.2) is 0 Å². The van der Waals surface area contributed by atoms with Gasteiger partial charge in [-0.3, -0.25) is 13.4 Å². The largest absolute Gasteiger partial charge is 0.356 e. The minimum atomic E-state index is -3.54. The van der Waals surface area contributed by atoms with Gasteiger partial charge in [0.05, 0.1) is 17.8 Å². The number of carbonyl (C=O) groups excluding carboxylic acids is 1. The molecule has 1 amide bonds. The summed E-state index contributed by atoms with van der Waals surface area (Å²) in [6.45, 7) is 0. The number of amides is 1. The SMILES string of the molecule is CN1c2ccc(NC(=O)Cc3noc4ccccc34)cc2N(C)S1(=O)=O. The summed E-state index contributed by atoms with van der Waals surface area (Å²) in [5.41, 5.74) is 2.77. The molecule has 4 rings (SSSR count). The highest BCUT2D eigenvalue weighted by atomic mass is 32.2. The van der Waals surface area contributed by atoms with E-state index in [1.165, 1.54) is 22.7 Å². The molecule has 0 aliphatic carbocycles. The summed E-state index contributed by atoms with van der Waals surface area (Å²) in [5.74, 6) is -0.263. The molecule has 2 heterocycles.